The number of hydrogen-bond donors (Lipinski definition) is 1. The van der Waals surface area contributed by atoms with Crippen LogP contribution >= 0.6 is 0 Å². The lowest BCUT2D eigenvalue weighted by Crippen LogP contribution is -2.40. The van der Waals surface area contributed by atoms with Gasteiger partial charge in [0.1, 0.15) is 6.10 Å². The maximum absolute atomic E-state index is 11.7. The predicted molar refractivity (Wildman–Crippen MR) is 80.2 cm³/mol. The van der Waals surface area contributed by atoms with Crippen LogP contribution < -0.4 is 0 Å². The van der Waals surface area contributed by atoms with Crippen molar-refractivity contribution < 1.29 is 24.1 Å². The fourth-order valence-electron chi connectivity index (χ4n) is 4.02. The molecule has 0 aromatic carbocycles. The monoisotopic (exact) mass is 312 g/mol. The molecule has 0 aromatic heterocycles. The van der Waals surface area contributed by atoms with Crippen molar-refractivity contribution in [3.8, 4) is 0 Å². The van der Waals surface area contributed by atoms with E-state index >= 15 is 0 Å². The first-order chi connectivity index (χ1) is 10.6. The van der Waals surface area contributed by atoms with Crippen molar-refractivity contribution in [2.45, 2.75) is 88.8 Å². The molecule has 0 bridgehead atoms. The van der Waals surface area contributed by atoms with Crippen molar-refractivity contribution in [1.82, 2.24) is 0 Å². The molecular weight excluding hydrogens is 284 g/mol. The molecule has 1 aliphatic carbocycles. The van der Waals surface area contributed by atoms with Crippen LogP contribution in [0.1, 0.15) is 64.7 Å². The molecule has 0 amide bonds. The molecule has 22 heavy (non-hydrogen) atoms. The van der Waals surface area contributed by atoms with Crippen molar-refractivity contribution in [3.63, 3.8) is 0 Å². The molecule has 2 heterocycles. The molecule has 2 saturated heterocycles. The Labute approximate surface area is 132 Å². The van der Waals surface area contributed by atoms with Gasteiger partial charge in [-0.1, -0.05) is 26.2 Å². The number of esters is 1. The van der Waals surface area contributed by atoms with E-state index in [1.165, 1.54) is 6.42 Å². The van der Waals surface area contributed by atoms with Gasteiger partial charge in [0.25, 0.3) is 0 Å². The van der Waals surface area contributed by atoms with E-state index in [9.17, 15) is 9.90 Å². The average molecular weight is 312 g/mol. The van der Waals surface area contributed by atoms with E-state index in [1.54, 1.807) is 0 Å². The minimum Gasteiger partial charge on any atom is -0.459 e. The van der Waals surface area contributed by atoms with Gasteiger partial charge in [-0.25, -0.2) is 0 Å². The molecule has 126 valence electrons. The van der Waals surface area contributed by atoms with Gasteiger partial charge in [0.15, 0.2) is 5.79 Å². The number of carbonyl (C=O) groups excluding carboxylic acids is 1. The number of carbonyl (C=O) groups is 1. The quantitative estimate of drug-likeness (QED) is 0.790. The van der Waals surface area contributed by atoms with Crippen molar-refractivity contribution in [2.75, 3.05) is 6.61 Å². The first-order valence-corrected chi connectivity index (χ1v) is 8.83. The Morgan fingerprint density at radius 2 is 2.09 bits per heavy atom. The Bertz CT molecular complexity index is 391. The summed E-state index contributed by atoms with van der Waals surface area (Å²) in [6.07, 6.45) is 7.18. The molecule has 3 aliphatic rings. The SMILES string of the molecule is CCCC[C@H](O)[C@H]1OC(=O)C[C@H]1[C@H]1COC2(CCCCC2)O1. The lowest BCUT2D eigenvalue weighted by Gasteiger charge is -2.33. The third kappa shape index (κ3) is 3.31. The van der Waals surface area contributed by atoms with Gasteiger partial charge in [-0.15, -0.1) is 0 Å². The summed E-state index contributed by atoms with van der Waals surface area (Å²) < 4.78 is 17.6. The minimum atomic E-state index is -0.595. The van der Waals surface area contributed by atoms with Crippen LogP contribution in [-0.2, 0) is 19.0 Å². The Kier molecular flexibility index (Phi) is 5.05. The highest BCUT2D eigenvalue weighted by atomic mass is 16.7. The molecule has 4 atom stereocenters. The third-order valence-electron chi connectivity index (χ3n) is 5.29. The minimum absolute atomic E-state index is 0.0827. The van der Waals surface area contributed by atoms with Crippen molar-refractivity contribution in [2.24, 2.45) is 5.92 Å². The average Bonchev–Trinajstić information content (AvgIpc) is 3.10. The normalized spacial score (nSPS) is 35.7. The van der Waals surface area contributed by atoms with E-state index in [0.29, 0.717) is 19.4 Å². The molecule has 0 radical (unpaired) electrons. The molecule has 5 heteroatoms. The van der Waals surface area contributed by atoms with Crippen LogP contribution in [0.3, 0.4) is 0 Å². The van der Waals surface area contributed by atoms with Crippen molar-refractivity contribution in [1.29, 1.82) is 0 Å². The number of unbranched alkanes of at least 4 members (excludes halogenated alkanes) is 1. The third-order valence-corrected chi connectivity index (χ3v) is 5.29. The Hall–Kier alpha value is -0.650. The number of ether oxygens (including phenoxy) is 3. The smallest absolute Gasteiger partial charge is 0.306 e. The van der Waals surface area contributed by atoms with Gasteiger partial charge in [-0.3, -0.25) is 4.79 Å². The van der Waals surface area contributed by atoms with Crippen LogP contribution in [0.15, 0.2) is 0 Å². The molecule has 1 spiro atoms. The summed E-state index contributed by atoms with van der Waals surface area (Å²) in [6.45, 7) is 2.60. The first kappa shape index (κ1) is 16.2. The summed E-state index contributed by atoms with van der Waals surface area (Å²) >= 11 is 0. The summed E-state index contributed by atoms with van der Waals surface area (Å²) in [7, 11) is 0. The topological polar surface area (TPSA) is 65.0 Å². The molecule has 1 N–H and O–H groups in total. The summed E-state index contributed by atoms with van der Waals surface area (Å²) in [5.74, 6) is -0.743. The zero-order valence-electron chi connectivity index (χ0n) is 13.5. The molecule has 1 saturated carbocycles. The number of cyclic esters (lactones) is 1. The van der Waals surface area contributed by atoms with Gasteiger partial charge < -0.3 is 19.3 Å². The second-order valence-corrected chi connectivity index (χ2v) is 6.97. The maximum Gasteiger partial charge on any atom is 0.306 e. The van der Waals surface area contributed by atoms with Crippen LogP contribution in [0, 0.1) is 5.92 Å². The maximum atomic E-state index is 11.7. The highest BCUT2D eigenvalue weighted by molar-refractivity contribution is 5.72. The second kappa shape index (κ2) is 6.85. The standard InChI is InChI=1S/C17H28O5/c1-2-3-7-13(18)16-12(10-15(19)21-16)14-11-20-17(22-14)8-5-4-6-9-17/h12-14,16,18H,2-11H2,1H3/t12-,13-,14+,16-/m0/s1. The predicted octanol–water partition coefficient (Wildman–Crippen LogP) is 2.55. The van der Waals surface area contributed by atoms with Gasteiger partial charge in [0, 0.05) is 18.8 Å². The molecular formula is C17H28O5. The highest BCUT2D eigenvalue weighted by Crippen LogP contribution is 2.42. The van der Waals surface area contributed by atoms with Gasteiger partial charge in [0.2, 0.25) is 0 Å². The first-order valence-electron chi connectivity index (χ1n) is 8.83. The lowest BCUT2D eigenvalue weighted by molar-refractivity contribution is -0.194. The molecule has 3 fully saturated rings. The van der Waals surface area contributed by atoms with Crippen LogP contribution in [0.25, 0.3) is 0 Å². The Morgan fingerprint density at radius 3 is 2.82 bits per heavy atom. The molecule has 5 nitrogen and oxygen atoms in total. The number of aliphatic hydroxyl groups excluding tert-OH is 1. The van der Waals surface area contributed by atoms with Crippen LogP contribution in [0.2, 0.25) is 0 Å². The Balaban J connectivity index is 1.63. The number of hydrogen-bond acceptors (Lipinski definition) is 5. The zero-order valence-corrected chi connectivity index (χ0v) is 13.5. The molecule has 0 aromatic rings. The van der Waals surface area contributed by atoms with Gasteiger partial charge in [-0.05, 0) is 19.3 Å². The van der Waals surface area contributed by atoms with E-state index in [4.69, 9.17) is 14.2 Å². The Morgan fingerprint density at radius 1 is 1.32 bits per heavy atom. The summed E-state index contributed by atoms with van der Waals surface area (Å²) in [5.41, 5.74) is 0. The van der Waals surface area contributed by atoms with Crippen molar-refractivity contribution in [3.05, 3.63) is 0 Å². The highest BCUT2D eigenvalue weighted by Gasteiger charge is 2.51. The second-order valence-electron chi connectivity index (χ2n) is 6.97. The molecule has 2 aliphatic heterocycles. The number of aliphatic hydroxyl groups is 1. The van der Waals surface area contributed by atoms with Crippen LogP contribution in [0.5, 0.6) is 0 Å². The van der Waals surface area contributed by atoms with Gasteiger partial charge >= 0.3 is 5.97 Å². The van der Waals surface area contributed by atoms with E-state index in [2.05, 4.69) is 6.92 Å². The fraction of sp³-hybridized carbons (Fsp3) is 0.941. The van der Waals surface area contributed by atoms with E-state index in [0.717, 1.165) is 38.5 Å². The zero-order chi connectivity index (χ0) is 15.6. The van der Waals surface area contributed by atoms with Crippen LogP contribution in [0.4, 0.5) is 0 Å². The summed E-state index contributed by atoms with van der Waals surface area (Å²) in [4.78, 5) is 11.7. The molecule has 0 unspecified atom stereocenters. The lowest BCUT2D eigenvalue weighted by atomic mass is 9.89. The summed E-state index contributed by atoms with van der Waals surface area (Å²) in [5, 5.41) is 10.4. The van der Waals surface area contributed by atoms with Crippen molar-refractivity contribution >= 4 is 5.97 Å². The summed E-state index contributed by atoms with van der Waals surface area (Å²) in [6, 6.07) is 0. The fourth-order valence-corrected chi connectivity index (χ4v) is 4.02. The largest absolute Gasteiger partial charge is 0.459 e. The van der Waals surface area contributed by atoms with E-state index in [1.807, 2.05) is 0 Å². The number of rotatable bonds is 5. The van der Waals surface area contributed by atoms with Crippen LogP contribution in [-0.4, -0.2) is 41.8 Å². The molecule has 3 rings (SSSR count). The van der Waals surface area contributed by atoms with E-state index in [-0.39, 0.29) is 18.0 Å². The van der Waals surface area contributed by atoms with E-state index < -0.39 is 18.0 Å². The van der Waals surface area contributed by atoms with Gasteiger partial charge in [-0.2, -0.15) is 0 Å². The van der Waals surface area contributed by atoms with Gasteiger partial charge in [0.05, 0.1) is 25.2 Å².